The summed E-state index contributed by atoms with van der Waals surface area (Å²) in [6.45, 7) is 0.179. The Balaban J connectivity index is 1.62. The van der Waals surface area contributed by atoms with Gasteiger partial charge in [0.15, 0.2) is 6.61 Å². The Hall–Kier alpha value is -4.45. The van der Waals surface area contributed by atoms with Gasteiger partial charge in [0.25, 0.3) is 5.91 Å². The van der Waals surface area contributed by atoms with E-state index in [-0.39, 0.29) is 30.8 Å². The molecule has 36 heavy (non-hydrogen) atoms. The number of hydrogen-bond acceptors (Lipinski definition) is 3. The van der Waals surface area contributed by atoms with Crippen LogP contribution in [0.25, 0.3) is 0 Å². The highest BCUT2D eigenvalue weighted by Gasteiger charge is 2.31. The van der Waals surface area contributed by atoms with Gasteiger partial charge in [0.1, 0.15) is 17.6 Å². The molecule has 182 valence electrons. The highest BCUT2D eigenvalue weighted by atomic mass is 19.1. The number of nitrogens with one attached hydrogen (secondary N) is 1. The molecule has 6 heteroatoms. The van der Waals surface area contributed by atoms with Crippen molar-refractivity contribution in [2.24, 2.45) is 0 Å². The van der Waals surface area contributed by atoms with Crippen LogP contribution in [0.3, 0.4) is 0 Å². The van der Waals surface area contributed by atoms with Crippen LogP contribution >= 0.6 is 0 Å². The minimum Gasteiger partial charge on any atom is -0.484 e. The number of halogens is 1. The van der Waals surface area contributed by atoms with Gasteiger partial charge in [-0.25, -0.2) is 4.39 Å². The maximum absolute atomic E-state index is 13.6. The molecule has 0 saturated heterocycles. The SMILES string of the molecule is O=C(NCc1ccccc1)C(c1ccccc1)N(Cc1ccc(F)cc1)C(=O)COc1ccccc1. The zero-order chi connectivity index (χ0) is 25.2. The standard InChI is InChI=1S/C30H27FN2O3/c31-26-18-16-24(17-19-26)21-33(28(34)22-36-27-14-8-3-9-15-27)29(25-12-6-2-7-13-25)30(35)32-20-23-10-4-1-5-11-23/h1-19,29H,20-22H2,(H,32,35). The first kappa shape index (κ1) is 24.7. The van der Waals surface area contributed by atoms with E-state index < -0.39 is 6.04 Å². The normalized spacial score (nSPS) is 11.4. The molecule has 0 heterocycles. The molecule has 2 amide bonds. The summed E-state index contributed by atoms with van der Waals surface area (Å²) < 4.78 is 19.3. The summed E-state index contributed by atoms with van der Waals surface area (Å²) in [4.78, 5) is 28.6. The second kappa shape index (κ2) is 12.3. The van der Waals surface area contributed by atoms with Gasteiger partial charge < -0.3 is 15.0 Å². The molecule has 4 aromatic rings. The molecule has 1 N–H and O–H groups in total. The fraction of sp³-hybridized carbons (Fsp3) is 0.133. The molecule has 4 aromatic carbocycles. The van der Waals surface area contributed by atoms with Crippen LogP contribution in [0.1, 0.15) is 22.7 Å². The molecule has 0 aliphatic carbocycles. The van der Waals surface area contributed by atoms with Crippen LogP contribution in [0.2, 0.25) is 0 Å². The molecule has 0 aliphatic heterocycles. The first-order chi connectivity index (χ1) is 17.6. The van der Waals surface area contributed by atoms with Gasteiger partial charge in [-0.2, -0.15) is 0 Å². The minimum absolute atomic E-state index is 0.107. The number of nitrogens with zero attached hydrogens (tertiary/aromatic N) is 1. The number of rotatable bonds is 10. The molecular formula is C30H27FN2O3. The summed E-state index contributed by atoms with van der Waals surface area (Å²) in [7, 11) is 0. The molecule has 0 radical (unpaired) electrons. The first-order valence-corrected chi connectivity index (χ1v) is 11.7. The third-order valence-corrected chi connectivity index (χ3v) is 5.68. The van der Waals surface area contributed by atoms with Crippen molar-refractivity contribution in [3.8, 4) is 5.75 Å². The van der Waals surface area contributed by atoms with E-state index in [1.807, 2.05) is 78.9 Å². The van der Waals surface area contributed by atoms with Gasteiger partial charge in [0, 0.05) is 13.1 Å². The second-order valence-electron chi connectivity index (χ2n) is 8.27. The van der Waals surface area contributed by atoms with Crippen molar-refractivity contribution in [1.82, 2.24) is 10.2 Å². The van der Waals surface area contributed by atoms with Crippen LogP contribution in [0, 0.1) is 5.82 Å². The van der Waals surface area contributed by atoms with Crippen LogP contribution in [-0.2, 0) is 22.7 Å². The lowest BCUT2D eigenvalue weighted by molar-refractivity contribution is -0.143. The highest BCUT2D eigenvalue weighted by molar-refractivity contribution is 5.89. The lowest BCUT2D eigenvalue weighted by Crippen LogP contribution is -2.45. The average molecular weight is 483 g/mol. The number of amides is 2. The van der Waals surface area contributed by atoms with E-state index in [4.69, 9.17) is 4.74 Å². The number of hydrogen-bond donors (Lipinski definition) is 1. The molecule has 0 spiro atoms. The summed E-state index contributed by atoms with van der Waals surface area (Å²) in [5.41, 5.74) is 2.31. The smallest absolute Gasteiger partial charge is 0.261 e. The zero-order valence-electron chi connectivity index (χ0n) is 19.7. The van der Waals surface area contributed by atoms with Crippen molar-refractivity contribution < 1.29 is 18.7 Å². The van der Waals surface area contributed by atoms with E-state index >= 15 is 0 Å². The minimum atomic E-state index is -0.910. The van der Waals surface area contributed by atoms with Gasteiger partial charge in [0.2, 0.25) is 5.91 Å². The van der Waals surface area contributed by atoms with E-state index in [1.165, 1.54) is 17.0 Å². The summed E-state index contributed by atoms with van der Waals surface area (Å²) >= 11 is 0. The summed E-state index contributed by atoms with van der Waals surface area (Å²) in [6.07, 6.45) is 0. The Kier molecular flexibility index (Phi) is 8.44. The van der Waals surface area contributed by atoms with Gasteiger partial charge in [-0.1, -0.05) is 91.0 Å². The van der Waals surface area contributed by atoms with E-state index in [0.717, 1.165) is 5.56 Å². The lowest BCUT2D eigenvalue weighted by atomic mass is 10.0. The number of para-hydroxylation sites is 1. The maximum atomic E-state index is 13.6. The van der Waals surface area contributed by atoms with E-state index in [2.05, 4.69) is 5.32 Å². The molecule has 0 aliphatic rings. The molecular weight excluding hydrogens is 455 g/mol. The summed E-state index contributed by atoms with van der Waals surface area (Å²) in [6, 6.07) is 32.7. The Morgan fingerprint density at radius 1 is 0.750 bits per heavy atom. The molecule has 0 saturated carbocycles. The molecule has 5 nitrogen and oxygen atoms in total. The predicted octanol–water partition coefficient (Wildman–Crippen LogP) is 5.29. The van der Waals surface area contributed by atoms with Gasteiger partial charge in [0.05, 0.1) is 0 Å². The summed E-state index contributed by atoms with van der Waals surface area (Å²) in [5.74, 6) is -0.506. The maximum Gasteiger partial charge on any atom is 0.261 e. The Labute approximate surface area is 210 Å². The Bertz CT molecular complexity index is 1250. The van der Waals surface area contributed by atoms with Crippen molar-refractivity contribution in [1.29, 1.82) is 0 Å². The van der Waals surface area contributed by atoms with Crippen LogP contribution < -0.4 is 10.1 Å². The van der Waals surface area contributed by atoms with Crippen LogP contribution in [0.15, 0.2) is 115 Å². The predicted molar refractivity (Wildman–Crippen MR) is 136 cm³/mol. The quantitative estimate of drug-likeness (QED) is 0.334. The zero-order valence-corrected chi connectivity index (χ0v) is 19.7. The Morgan fingerprint density at radius 3 is 1.97 bits per heavy atom. The van der Waals surface area contributed by atoms with Crippen LogP contribution in [0.5, 0.6) is 5.75 Å². The number of carbonyl (C=O) groups is 2. The lowest BCUT2D eigenvalue weighted by Gasteiger charge is -2.31. The van der Waals surface area contributed by atoms with Gasteiger partial charge in [-0.15, -0.1) is 0 Å². The fourth-order valence-corrected chi connectivity index (χ4v) is 3.84. The van der Waals surface area contributed by atoms with Crippen molar-refractivity contribution in [2.75, 3.05) is 6.61 Å². The van der Waals surface area contributed by atoms with Gasteiger partial charge in [-0.05, 0) is 41.0 Å². The van der Waals surface area contributed by atoms with Gasteiger partial charge in [-0.3, -0.25) is 9.59 Å². The van der Waals surface area contributed by atoms with Crippen molar-refractivity contribution in [2.45, 2.75) is 19.1 Å². The number of ether oxygens (including phenoxy) is 1. The molecule has 1 unspecified atom stereocenters. The van der Waals surface area contributed by atoms with Gasteiger partial charge >= 0.3 is 0 Å². The molecule has 0 aromatic heterocycles. The number of benzene rings is 4. The van der Waals surface area contributed by atoms with E-state index in [9.17, 15) is 14.0 Å². The monoisotopic (exact) mass is 482 g/mol. The molecule has 1 atom stereocenters. The molecule has 0 fully saturated rings. The van der Waals surface area contributed by atoms with Crippen molar-refractivity contribution in [3.63, 3.8) is 0 Å². The summed E-state index contributed by atoms with van der Waals surface area (Å²) in [5, 5.41) is 2.97. The Morgan fingerprint density at radius 2 is 1.33 bits per heavy atom. The van der Waals surface area contributed by atoms with Crippen LogP contribution in [-0.4, -0.2) is 23.3 Å². The third-order valence-electron chi connectivity index (χ3n) is 5.68. The highest BCUT2D eigenvalue weighted by Crippen LogP contribution is 2.25. The molecule has 4 rings (SSSR count). The largest absolute Gasteiger partial charge is 0.484 e. The second-order valence-corrected chi connectivity index (χ2v) is 8.27. The van der Waals surface area contributed by atoms with E-state index in [1.54, 1.807) is 24.3 Å². The fourth-order valence-electron chi connectivity index (χ4n) is 3.84. The first-order valence-electron chi connectivity index (χ1n) is 11.7. The van der Waals surface area contributed by atoms with Crippen LogP contribution in [0.4, 0.5) is 4.39 Å². The topological polar surface area (TPSA) is 58.6 Å². The van der Waals surface area contributed by atoms with Crippen molar-refractivity contribution >= 4 is 11.8 Å². The van der Waals surface area contributed by atoms with E-state index in [0.29, 0.717) is 23.4 Å². The molecule has 0 bridgehead atoms. The average Bonchev–Trinajstić information content (AvgIpc) is 2.93. The van der Waals surface area contributed by atoms with Crippen molar-refractivity contribution in [3.05, 3.63) is 138 Å². The number of carbonyl (C=O) groups excluding carboxylic acids is 2. The third kappa shape index (κ3) is 6.79.